The number of phosphoric ester groups is 1. The van der Waals surface area contributed by atoms with Crippen molar-refractivity contribution >= 4 is 19.8 Å². The third-order valence-electron chi connectivity index (χ3n) is 15.7. The standard InChI is InChI=1S/C74H136NO8P/c1-6-8-10-12-14-16-18-20-22-24-26-28-30-32-34-36-37-39-41-43-45-47-49-51-53-55-57-59-61-63-65-67-74(77)83-72(71-82-84(78,79)81-69-68-75(3,4)5)70-80-73(76)66-64-62-60-58-56-54-52-50-48-46-44-42-40-38-35-33-31-29-27-25-23-21-19-17-15-13-11-9-7-2/h18-21,24-27,30-33,72H,6-17,22-23,28-29,34-71H2,1-5H3/p+1/b20-18-,21-19-,26-24-,27-25-,32-30-,33-31-. The van der Waals surface area contributed by atoms with E-state index >= 15 is 0 Å². The second-order valence-electron chi connectivity index (χ2n) is 25.3. The highest BCUT2D eigenvalue weighted by Gasteiger charge is 2.27. The maximum absolute atomic E-state index is 12.9. The molecule has 0 heterocycles. The van der Waals surface area contributed by atoms with Gasteiger partial charge in [-0.05, 0) is 89.9 Å². The molecule has 1 N–H and O–H groups in total. The van der Waals surface area contributed by atoms with Gasteiger partial charge in [0.05, 0.1) is 27.7 Å². The van der Waals surface area contributed by atoms with Gasteiger partial charge in [-0.15, -0.1) is 0 Å². The van der Waals surface area contributed by atoms with Crippen molar-refractivity contribution in [1.82, 2.24) is 0 Å². The van der Waals surface area contributed by atoms with E-state index in [-0.39, 0.29) is 32.0 Å². The van der Waals surface area contributed by atoms with Crippen LogP contribution in [0.2, 0.25) is 0 Å². The number of allylic oxidation sites excluding steroid dienone is 12. The Morgan fingerprint density at radius 3 is 0.952 bits per heavy atom. The van der Waals surface area contributed by atoms with E-state index in [2.05, 4.69) is 86.8 Å². The minimum atomic E-state index is -4.39. The van der Waals surface area contributed by atoms with Crippen LogP contribution in [0.25, 0.3) is 0 Å². The van der Waals surface area contributed by atoms with E-state index in [1.54, 1.807) is 0 Å². The Morgan fingerprint density at radius 1 is 0.369 bits per heavy atom. The van der Waals surface area contributed by atoms with Gasteiger partial charge in [0.25, 0.3) is 0 Å². The lowest BCUT2D eigenvalue weighted by molar-refractivity contribution is -0.870. The van der Waals surface area contributed by atoms with E-state index in [1.807, 2.05) is 21.1 Å². The lowest BCUT2D eigenvalue weighted by Crippen LogP contribution is -2.37. The van der Waals surface area contributed by atoms with Crippen LogP contribution in [0.4, 0.5) is 0 Å². The zero-order valence-electron chi connectivity index (χ0n) is 55.9. The summed E-state index contributed by atoms with van der Waals surface area (Å²) in [6.07, 6.45) is 87.2. The highest BCUT2D eigenvalue weighted by Crippen LogP contribution is 2.43. The van der Waals surface area contributed by atoms with Crippen LogP contribution in [0, 0.1) is 0 Å². The lowest BCUT2D eigenvalue weighted by atomic mass is 10.0. The molecule has 0 aromatic carbocycles. The normalized spacial score (nSPS) is 13.5. The quantitative estimate of drug-likeness (QED) is 0.0211. The van der Waals surface area contributed by atoms with Crippen molar-refractivity contribution in [2.75, 3.05) is 47.5 Å². The van der Waals surface area contributed by atoms with Gasteiger partial charge in [-0.1, -0.05) is 305 Å². The van der Waals surface area contributed by atoms with Crippen LogP contribution < -0.4 is 0 Å². The summed E-state index contributed by atoms with van der Waals surface area (Å²) in [6.45, 7) is 4.45. The Labute approximate surface area is 520 Å². The van der Waals surface area contributed by atoms with Gasteiger partial charge in [0.1, 0.15) is 19.8 Å². The first kappa shape index (κ1) is 81.5. The Balaban J connectivity index is 4.03. The Hall–Kier alpha value is -2.55. The molecule has 2 atom stereocenters. The molecular formula is C74H137NO8P+. The molecule has 84 heavy (non-hydrogen) atoms. The summed E-state index contributed by atoms with van der Waals surface area (Å²) in [5.41, 5.74) is 0. The molecule has 0 aliphatic heterocycles. The van der Waals surface area contributed by atoms with E-state index in [1.165, 1.54) is 244 Å². The fourth-order valence-corrected chi connectivity index (χ4v) is 11.0. The number of hydrogen-bond acceptors (Lipinski definition) is 7. The average Bonchev–Trinajstić information content (AvgIpc) is 3.61. The maximum atomic E-state index is 12.9. The molecule has 490 valence electrons. The maximum Gasteiger partial charge on any atom is 0.472 e. The Morgan fingerprint density at radius 2 is 0.643 bits per heavy atom. The highest BCUT2D eigenvalue weighted by molar-refractivity contribution is 7.47. The summed E-state index contributed by atoms with van der Waals surface area (Å²) in [5, 5.41) is 0. The molecule has 0 rings (SSSR count). The van der Waals surface area contributed by atoms with Gasteiger partial charge in [0.15, 0.2) is 6.10 Å². The van der Waals surface area contributed by atoms with E-state index < -0.39 is 26.5 Å². The molecule has 0 aromatic rings. The molecule has 0 saturated carbocycles. The first-order valence-electron chi connectivity index (χ1n) is 35.7. The number of quaternary nitrogens is 1. The molecule has 0 radical (unpaired) electrons. The van der Waals surface area contributed by atoms with Crippen LogP contribution in [-0.2, 0) is 32.7 Å². The van der Waals surface area contributed by atoms with E-state index in [4.69, 9.17) is 18.5 Å². The molecule has 2 unspecified atom stereocenters. The average molecular weight is 1200 g/mol. The number of phosphoric acid groups is 1. The van der Waals surface area contributed by atoms with Gasteiger partial charge in [-0.3, -0.25) is 18.6 Å². The third-order valence-corrected chi connectivity index (χ3v) is 16.7. The number of carbonyl (C=O) groups excluding carboxylic acids is 2. The first-order valence-corrected chi connectivity index (χ1v) is 37.2. The van der Waals surface area contributed by atoms with Gasteiger partial charge in [0.2, 0.25) is 0 Å². The molecule has 0 bridgehead atoms. The van der Waals surface area contributed by atoms with Crippen molar-refractivity contribution in [2.45, 2.75) is 341 Å². The molecule has 0 fully saturated rings. The fraction of sp³-hybridized carbons (Fsp3) is 0.811. The van der Waals surface area contributed by atoms with Gasteiger partial charge >= 0.3 is 19.8 Å². The molecule has 9 nitrogen and oxygen atoms in total. The Bertz CT molecular complexity index is 1650. The molecule has 0 aliphatic carbocycles. The predicted octanol–water partition coefficient (Wildman–Crippen LogP) is 23.2. The zero-order valence-corrected chi connectivity index (χ0v) is 56.8. The van der Waals surface area contributed by atoms with Gasteiger partial charge in [-0.2, -0.15) is 0 Å². The first-order chi connectivity index (χ1) is 41.0. The molecule has 0 aliphatic rings. The van der Waals surface area contributed by atoms with Crippen LogP contribution in [0.15, 0.2) is 72.9 Å². The lowest BCUT2D eigenvalue weighted by Gasteiger charge is -2.24. The zero-order chi connectivity index (χ0) is 61.2. The van der Waals surface area contributed by atoms with E-state index in [9.17, 15) is 19.0 Å². The smallest absolute Gasteiger partial charge is 0.462 e. The van der Waals surface area contributed by atoms with Crippen LogP contribution in [-0.4, -0.2) is 74.9 Å². The minimum Gasteiger partial charge on any atom is -0.462 e. The van der Waals surface area contributed by atoms with E-state index in [0.29, 0.717) is 17.4 Å². The number of ether oxygens (including phenoxy) is 2. The van der Waals surface area contributed by atoms with Crippen LogP contribution in [0.3, 0.4) is 0 Å². The molecule has 10 heteroatoms. The number of esters is 2. The summed E-state index contributed by atoms with van der Waals surface area (Å²) < 4.78 is 34.7. The van der Waals surface area contributed by atoms with Gasteiger partial charge < -0.3 is 18.9 Å². The second-order valence-corrected chi connectivity index (χ2v) is 26.7. The Kier molecular flexibility index (Phi) is 62.9. The van der Waals surface area contributed by atoms with Crippen molar-refractivity contribution in [3.05, 3.63) is 72.9 Å². The molecule has 0 saturated heterocycles. The second kappa shape index (κ2) is 64.9. The summed E-state index contributed by atoms with van der Waals surface area (Å²) >= 11 is 0. The number of likely N-dealkylation sites (N-methyl/N-ethyl adjacent to an activating group) is 1. The summed E-state index contributed by atoms with van der Waals surface area (Å²) in [4.78, 5) is 35.9. The number of rotatable bonds is 66. The summed E-state index contributed by atoms with van der Waals surface area (Å²) in [5.74, 6) is -0.786. The van der Waals surface area contributed by atoms with Gasteiger partial charge in [0, 0.05) is 12.8 Å². The predicted molar refractivity (Wildman–Crippen MR) is 363 cm³/mol. The van der Waals surface area contributed by atoms with Crippen LogP contribution >= 0.6 is 7.82 Å². The fourth-order valence-electron chi connectivity index (χ4n) is 10.2. The van der Waals surface area contributed by atoms with E-state index in [0.717, 1.165) is 57.8 Å². The molecule has 0 aromatic heterocycles. The number of nitrogens with zero attached hydrogens (tertiary/aromatic N) is 1. The van der Waals surface area contributed by atoms with Crippen molar-refractivity contribution in [1.29, 1.82) is 0 Å². The van der Waals surface area contributed by atoms with Crippen LogP contribution in [0.1, 0.15) is 335 Å². The molecular weight excluding hydrogens is 1060 g/mol. The van der Waals surface area contributed by atoms with Crippen molar-refractivity contribution in [3.63, 3.8) is 0 Å². The molecule has 0 spiro atoms. The SMILES string of the molecule is CCCCCCC/C=C\C/C=C\C/C=C\CCCCCCCCCCCCCCCCCCC(=O)OC(COC(=O)CCCCCCCCCCCCCCCC/C=C\C/C=C\C/C=C\CCCCCCC)COP(=O)(O)OCC[N+](C)(C)C. The number of carbonyl (C=O) groups is 2. The minimum absolute atomic E-state index is 0.0310. The molecule has 0 amide bonds. The monoisotopic (exact) mass is 1200 g/mol. The van der Waals surface area contributed by atoms with Crippen LogP contribution in [0.5, 0.6) is 0 Å². The number of unbranched alkanes of at least 4 members (excludes halogenated alkanes) is 40. The van der Waals surface area contributed by atoms with Crippen molar-refractivity contribution in [2.24, 2.45) is 0 Å². The summed E-state index contributed by atoms with van der Waals surface area (Å²) in [6, 6.07) is 0. The van der Waals surface area contributed by atoms with Crippen molar-refractivity contribution in [3.8, 4) is 0 Å². The highest BCUT2D eigenvalue weighted by atomic mass is 31.2. The largest absolute Gasteiger partial charge is 0.472 e. The topological polar surface area (TPSA) is 108 Å². The number of hydrogen-bond donors (Lipinski definition) is 1. The summed E-state index contributed by atoms with van der Waals surface area (Å²) in [7, 11) is 1.49. The van der Waals surface area contributed by atoms with Crippen molar-refractivity contribution < 1.29 is 42.1 Å². The van der Waals surface area contributed by atoms with Gasteiger partial charge in [-0.25, -0.2) is 4.57 Å². The third kappa shape index (κ3) is 68.6.